The fourth-order valence-electron chi connectivity index (χ4n) is 1.95. The van der Waals surface area contributed by atoms with E-state index in [0.29, 0.717) is 11.6 Å². The van der Waals surface area contributed by atoms with Gasteiger partial charge in [-0.25, -0.2) is 0 Å². The second-order valence-electron chi connectivity index (χ2n) is 4.45. The highest BCUT2D eigenvalue weighted by Crippen LogP contribution is 2.27. The summed E-state index contributed by atoms with van der Waals surface area (Å²) >= 11 is 5.94. The molecule has 0 atom stereocenters. The molecule has 100 valence electrons. The van der Waals surface area contributed by atoms with Gasteiger partial charge in [-0.05, 0) is 42.3 Å². The van der Waals surface area contributed by atoms with E-state index in [4.69, 9.17) is 22.1 Å². The van der Waals surface area contributed by atoms with Gasteiger partial charge in [0.25, 0.3) is 0 Å². The molecule has 2 N–H and O–H groups in total. The Bertz CT molecular complexity index is 537. The van der Waals surface area contributed by atoms with Crippen LogP contribution in [0.15, 0.2) is 42.5 Å². The second kappa shape index (κ2) is 6.60. The maximum absolute atomic E-state index is 5.94. The average Bonchev–Trinajstić information content (AvgIpc) is 2.43. The molecule has 0 heterocycles. The summed E-state index contributed by atoms with van der Waals surface area (Å²) in [6.45, 7) is 2.58. The van der Waals surface area contributed by atoms with E-state index in [-0.39, 0.29) is 0 Å². The molecule has 19 heavy (non-hydrogen) atoms. The number of halogens is 1. The van der Waals surface area contributed by atoms with Crippen LogP contribution >= 0.6 is 11.6 Å². The minimum absolute atomic E-state index is 0.407. The number of rotatable bonds is 5. The van der Waals surface area contributed by atoms with Crippen LogP contribution in [0, 0.1) is 0 Å². The summed E-state index contributed by atoms with van der Waals surface area (Å²) in [7, 11) is 0. The number of ether oxygens (including phenoxy) is 1. The zero-order chi connectivity index (χ0) is 13.7. The fourth-order valence-corrected chi connectivity index (χ4v) is 2.14. The van der Waals surface area contributed by atoms with Crippen molar-refractivity contribution >= 4 is 11.6 Å². The van der Waals surface area contributed by atoms with E-state index in [2.05, 4.69) is 19.1 Å². The highest BCUT2D eigenvalue weighted by Gasteiger charge is 2.04. The normalized spacial score (nSPS) is 10.5. The van der Waals surface area contributed by atoms with Crippen LogP contribution in [0.1, 0.15) is 24.5 Å². The van der Waals surface area contributed by atoms with E-state index < -0.39 is 0 Å². The van der Waals surface area contributed by atoms with Crippen LogP contribution in [0.5, 0.6) is 11.5 Å². The minimum Gasteiger partial charge on any atom is -0.457 e. The Hall–Kier alpha value is -1.51. The molecule has 2 aromatic carbocycles. The van der Waals surface area contributed by atoms with Crippen LogP contribution in [0.2, 0.25) is 5.02 Å². The van der Waals surface area contributed by atoms with Gasteiger partial charge in [0.2, 0.25) is 0 Å². The molecule has 0 unspecified atom stereocenters. The number of aryl methyl sites for hydroxylation is 1. The summed E-state index contributed by atoms with van der Waals surface area (Å²) in [6.07, 6.45) is 2.24. The summed E-state index contributed by atoms with van der Waals surface area (Å²) < 4.78 is 5.85. The molecular weight excluding hydrogens is 258 g/mol. The quantitative estimate of drug-likeness (QED) is 0.869. The lowest BCUT2D eigenvalue weighted by Crippen LogP contribution is -1.99. The summed E-state index contributed by atoms with van der Waals surface area (Å²) in [4.78, 5) is 0. The Morgan fingerprint density at radius 1 is 1.11 bits per heavy atom. The van der Waals surface area contributed by atoms with E-state index in [1.165, 1.54) is 5.56 Å². The van der Waals surface area contributed by atoms with Gasteiger partial charge in [-0.2, -0.15) is 0 Å². The Morgan fingerprint density at radius 3 is 2.47 bits per heavy atom. The third kappa shape index (κ3) is 3.72. The highest BCUT2D eigenvalue weighted by molar-refractivity contribution is 6.30. The molecule has 2 aromatic rings. The molecule has 0 aliphatic rings. The van der Waals surface area contributed by atoms with Crippen molar-refractivity contribution in [2.75, 3.05) is 0 Å². The molecule has 0 saturated heterocycles. The van der Waals surface area contributed by atoms with Crippen molar-refractivity contribution in [3.63, 3.8) is 0 Å². The van der Waals surface area contributed by atoms with Gasteiger partial charge < -0.3 is 10.5 Å². The first-order valence-corrected chi connectivity index (χ1v) is 6.86. The first-order valence-electron chi connectivity index (χ1n) is 6.48. The fraction of sp³-hybridized carbons (Fsp3) is 0.250. The molecule has 2 rings (SSSR count). The summed E-state index contributed by atoms with van der Waals surface area (Å²) in [5.41, 5.74) is 7.93. The molecule has 0 saturated carbocycles. The Kier molecular flexibility index (Phi) is 4.83. The SMILES string of the molecule is CCCc1ccc(Oc2ccc(Cl)cc2CN)cc1. The molecule has 0 spiro atoms. The first-order chi connectivity index (χ1) is 9.22. The molecular formula is C16H18ClNO. The van der Waals surface area contributed by atoms with Gasteiger partial charge in [0.15, 0.2) is 0 Å². The summed E-state index contributed by atoms with van der Waals surface area (Å²) in [6, 6.07) is 13.7. The molecule has 0 bridgehead atoms. The van der Waals surface area contributed by atoms with Crippen molar-refractivity contribution in [1.82, 2.24) is 0 Å². The predicted molar refractivity (Wildman–Crippen MR) is 79.9 cm³/mol. The standard InChI is InChI=1S/C16H18ClNO/c1-2-3-12-4-7-15(8-5-12)19-16-9-6-14(17)10-13(16)11-18/h4-10H,2-3,11,18H2,1H3. The molecule has 0 radical (unpaired) electrons. The van der Waals surface area contributed by atoms with E-state index in [0.717, 1.165) is 29.9 Å². The Morgan fingerprint density at radius 2 is 1.84 bits per heavy atom. The number of hydrogen-bond acceptors (Lipinski definition) is 2. The van der Waals surface area contributed by atoms with E-state index >= 15 is 0 Å². The molecule has 0 fully saturated rings. The maximum Gasteiger partial charge on any atom is 0.132 e. The lowest BCUT2D eigenvalue weighted by atomic mass is 10.1. The first kappa shape index (κ1) is 13.9. The van der Waals surface area contributed by atoms with E-state index in [1.54, 1.807) is 0 Å². The van der Waals surface area contributed by atoms with Gasteiger partial charge in [0.1, 0.15) is 11.5 Å². The van der Waals surface area contributed by atoms with Crippen molar-refractivity contribution in [2.45, 2.75) is 26.3 Å². The van der Waals surface area contributed by atoms with Crippen LogP contribution in [0.3, 0.4) is 0 Å². The highest BCUT2D eigenvalue weighted by atomic mass is 35.5. The van der Waals surface area contributed by atoms with E-state index in [9.17, 15) is 0 Å². The van der Waals surface area contributed by atoms with Gasteiger partial charge in [-0.1, -0.05) is 37.1 Å². The van der Waals surface area contributed by atoms with Crippen molar-refractivity contribution in [1.29, 1.82) is 0 Å². The number of benzene rings is 2. The Labute approximate surface area is 119 Å². The van der Waals surface area contributed by atoms with Gasteiger partial charge in [0, 0.05) is 17.1 Å². The van der Waals surface area contributed by atoms with Crippen LogP contribution in [0.4, 0.5) is 0 Å². The zero-order valence-electron chi connectivity index (χ0n) is 11.0. The molecule has 3 heteroatoms. The van der Waals surface area contributed by atoms with Crippen LogP contribution in [-0.4, -0.2) is 0 Å². The monoisotopic (exact) mass is 275 g/mol. The topological polar surface area (TPSA) is 35.2 Å². The second-order valence-corrected chi connectivity index (χ2v) is 4.89. The van der Waals surface area contributed by atoms with Gasteiger partial charge >= 0.3 is 0 Å². The van der Waals surface area contributed by atoms with Crippen molar-refractivity contribution < 1.29 is 4.74 Å². The van der Waals surface area contributed by atoms with Crippen LogP contribution in [0.25, 0.3) is 0 Å². The molecule has 2 nitrogen and oxygen atoms in total. The van der Waals surface area contributed by atoms with Gasteiger partial charge in [-0.15, -0.1) is 0 Å². The predicted octanol–water partition coefficient (Wildman–Crippen LogP) is 4.54. The van der Waals surface area contributed by atoms with E-state index in [1.807, 2.05) is 30.3 Å². The van der Waals surface area contributed by atoms with Crippen LogP contribution < -0.4 is 10.5 Å². The molecule has 0 aromatic heterocycles. The zero-order valence-corrected chi connectivity index (χ0v) is 11.8. The summed E-state index contributed by atoms with van der Waals surface area (Å²) in [5, 5.41) is 0.672. The van der Waals surface area contributed by atoms with Crippen molar-refractivity contribution in [3.05, 3.63) is 58.6 Å². The summed E-state index contributed by atoms with van der Waals surface area (Å²) in [5.74, 6) is 1.58. The Balaban J connectivity index is 2.16. The minimum atomic E-state index is 0.407. The smallest absolute Gasteiger partial charge is 0.132 e. The number of nitrogens with two attached hydrogens (primary N) is 1. The van der Waals surface area contributed by atoms with Crippen LogP contribution in [-0.2, 0) is 13.0 Å². The lowest BCUT2D eigenvalue weighted by Gasteiger charge is -2.11. The van der Waals surface area contributed by atoms with Gasteiger partial charge in [0.05, 0.1) is 0 Å². The van der Waals surface area contributed by atoms with Crippen molar-refractivity contribution in [2.24, 2.45) is 5.73 Å². The maximum atomic E-state index is 5.94. The molecule has 0 amide bonds. The van der Waals surface area contributed by atoms with Gasteiger partial charge in [-0.3, -0.25) is 0 Å². The molecule has 0 aliphatic carbocycles. The third-order valence-electron chi connectivity index (χ3n) is 2.93. The number of hydrogen-bond donors (Lipinski definition) is 1. The molecule has 0 aliphatic heterocycles. The van der Waals surface area contributed by atoms with Crippen molar-refractivity contribution in [3.8, 4) is 11.5 Å². The largest absolute Gasteiger partial charge is 0.457 e. The lowest BCUT2D eigenvalue weighted by molar-refractivity contribution is 0.476. The third-order valence-corrected chi connectivity index (χ3v) is 3.17. The average molecular weight is 276 g/mol.